The maximum absolute atomic E-state index is 9.00. The zero-order valence-corrected chi connectivity index (χ0v) is 7.34. The lowest BCUT2D eigenvalue weighted by molar-refractivity contribution is 0.256. The zero-order chi connectivity index (χ0) is 9.11. The van der Waals surface area contributed by atoms with E-state index in [1.54, 1.807) is 0 Å². The summed E-state index contributed by atoms with van der Waals surface area (Å²) in [6.45, 7) is 4.28. The van der Waals surface area contributed by atoms with Gasteiger partial charge in [0.2, 0.25) is 0 Å². The molecule has 3 nitrogen and oxygen atoms in total. The van der Waals surface area contributed by atoms with Crippen LogP contribution in [0.25, 0.3) is 0 Å². The maximum atomic E-state index is 9.00. The molecule has 0 radical (unpaired) electrons. The second-order valence-electron chi connectivity index (χ2n) is 2.11. The van der Waals surface area contributed by atoms with Gasteiger partial charge in [0.15, 0.2) is 0 Å². The van der Waals surface area contributed by atoms with Crippen molar-refractivity contribution >= 4 is 6.03 Å². The highest BCUT2D eigenvalue weighted by Crippen LogP contribution is 1.93. The predicted octanol–water partition coefficient (Wildman–Crippen LogP) is 1.78. The van der Waals surface area contributed by atoms with Crippen LogP contribution in [0.1, 0.15) is 33.1 Å². The van der Waals surface area contributed by atoms with Crippen LogP contribution in [-0.4, -0.2) is 6.03 Å². The molecule has 3 heteroatoms. The Balaban J connectivity index is 0. The molecule has 0 aromatic rings. The Morgan fingerprint density at radius 2 is 1.91 bits per heavy atom. The molecule has 0 saturated carbocycles. The van der Waals surface area contributed by atoms with Crippen LogP contribution in [-0.2, 0) is 0 Å². The van der Waals surface area contributed by atoms with E-state index in [1.807, 2.05) is 0 Å². The van der Waals surface area contributed by atoms with Gasteiger partial charge in [0.05, 0.1) is 0 Å². The van der Waals surface area contributed by atoms with Crippen molar-refractivity contribution in [2.45, 2.75) is 33.1 Å². The first kappa shape index (κ1) is 12.7. The average Bonchev–Trinajstić information content (AvgIpc) is 1.88. The Bertz CT molecular complexity index is 107. The summed E-state index contributed by atoms with van der Waals surface area (Å²) in [5.74, 6) is 0. The van der Waals surface area contributed by atoms with E-state index in [1.165, 1.54) is 19.3 Å². The van der Waals surface area contributed by atoms with Crippen molar-refractivity contribution in [2.24, 2.45) is 11.5 Å². The Hall–Kier alpha value is -0.990. The summed E-state index contributed by atoms with van der Waals surface area (Å²) in [5.41, 5.74) is 8.50. The van der Waals surface area contributed by atoms with Crippen molar-refractivity contribution in [1.82, 2.24) is 0 Å². The van der Waals surface area contributed by atoms with Crippen LogP contribution in [0.2, 0.25) is 0 Å². The first-order valence-corrected chi connectivity index (χ1v) is 3.81. The fraction of sp³-hybridized carbons (Fsp3) is 0.625. The third-order valence-corrected chi connectivity index (χ3v) is 0.960. The van der Waals surface area contributed by atoms with Crippen molar-refractivity contribution in [3.8, 4) is 0 Å². The minimum Gasteiger partial charge on any atom is -0.352 e. The standard InChI is InChI=1S/C7H14.CH4N2O/c1-3-5-7-6-4-2;2-1(3)4/h3,5H,4,6-7H2,1-2H3;(H4,2,3,4). The lowest BCUT2D eigenvalue weighted by Gasteiger charge is -1.83. The van der Waals surface area contributed by atoms with E-state index < -0.39 is 6.03 Å². The van der Waals surface area contributed by atoms with Gasteiger partial charge in [-0.15, -0.1) is 0 Å². The number of amides is 2. The Morgan fingerprint density at radius 3 is 2.18 bits per heavy atom. The molecule has 4 N–H and O–H groups in total. The molecule has 0 aromatic heterocycles. The van der Waals surface area contributed by atoms with E-state index in [0.29, 0.717) is 0 Å². The molecule has 66 valence electrons. The van der Waals surface area contributed by atoms with Gasteiger partial charge in [0, 0.05) is 0 Å². The molecular formula is C8H18N2O. The van der Waals surface area contributed by atoms with Gasteiger partial charge in [-0.05, 0) is 13.3 Å². The number of hydrogen-bond donors (Lipinski definition) is 2. The summed E-state index contributed by atoms with van der Waals surface area (Å²) in [6.07, 6.45) is 8.22. The number of allylic oxidation sites excluding steroid dienone is 2. The smallest absolute Gasteiger partial charge is 0.309 e. The Morgan fingerprint density at radius 1 is 1.45 bits per heavy atom. The van der Waals surface area contributed by atoms with Crippen molar-refractivity contribution in [3.05, 3.63) is 12.2 Å². The minimum atomic E-state index is -0.833. The number of urea groups is 1. The largest absolute Gasteiger partial charge is 0.352 e. The summed E-state index contributed by atoms with van der Waals surface area (Å²) in [6, 6.07) is -0.833. The van der Waals surface area contributed by atoms with Crippen LogP contribution in [0.5, 0.6) is 0 Å². The molecule has 0 bridgehead atoms. The maximum Gasteiger partial charge on any atom is 0.309 e. The second kappa shape index (κ2) is 11.8. The highest BCUT2D eigenvalue weighted by atomic mass is 16.2. The highest BCUT2D eigenvalue weighted by Gasteiger charge is 1.73. The number of primary amides is 2. The van der Waals surface area contributed by atoms with E-state index in [9.17, 15) is 0 Å². The third kappa shape index (κ3) is 48.9. The fourth-order valence-corrected chi connectivity index (χ4v) is 0.489. The molecule has 0 fully saturated rings. The van der Waals surface area contributed by atoms with E-state index in [4.69, 9.17) is 4.79 Å². The molecule has 0 heterocycles. The van der Waals surface area contributed by atoms with E-state index in [0.717, 1.165) is 0 Å². The molecular weight excluding hydrogens is 140 g/mol. The average molecular weight is 158 g/mol. The van der Waals surface area contributed by atoms with E-state index >= 15 is 0 Å². The lowest BCUT2D eigenvalue weighted by Crippen LogP contribution is -2.18. The van der Waals surface area contributed by atoms with Gasteiger partial charge >= 0.3 is 6.03 Å². The molecule has 0 aliphatic carbocycles. The van der Waals surface area contributed by atoms with Crippen molar-refractivity contribution in [2.75, 3.05) is 0 Å². The van der Waals surface area contributed by atoms with Gasteiger partial charge in [-0.2, -0.15) is 0 Å². The van der Waals surface area contributed by atoms with Crippen molar-refractivity contribution in [1.29, 1.82) is 0 Å². The summed E-state index contributed by atoms with van der Waals surface area (Å²) in [7, 11) is 0. The normalized spacial score (nSPS) is 8.91. The monoisotopic (exact) mass is 158 g/mol. The first-order valence-electron chi connectivity index (χ1n) is 3.81. The number of nitrogens with two attached hydrogens (primary N) is 2. The lowest BCUT2D eigenvalue weighted by atomic mass is 10.2. The molecule has 0 atom stereocenters. The zero-order valence-electron chi connectivity index (χ0n) is 7.34. The summed E-state index contributed by atoms with van der Waals surface area (Å²) < 4.78 is 0. The van der Waals surface area contributed by atoms with Gasteiger partial charge in [-0.1, -0.05) is 31.9 Å². The molecule has 0 unspecified atom stereocenters. The molecule has 11 heavy (non-hydrogen) atoms. The number of unbranched alkanes of at least 4 members (excludes halogenated alkanes) is 2. The summed E-state index contributed by atoms with van der Waals surface area (Å²) >= 11 is 0. The van der Waals surface area contributed by atoms with E-state index in [-0.39, 0.29) is 0 Å². The topological polar surface area (TPSA) is 69.1 Å². The summed E-state index contributed by atoms with van der Waals surface area (Å²) in [4.78, 5) is 9.00. The molecule has 0 saturated heterocycles. The van der Waals surface area contributed by atoms with Crippen LogP contribution in [0.4, 0.5) is 4.79 Å². The van der Waals surface area contributed by atoms with Gasteiger partial charge in [-0.3, -0.25) is 0 Å². The fourth-order valence-electron chi connectivity index (χ4n) is 0.489. The minimum absolute atomic E-state index is 0.833. The molecule has 0 rings (SSSR count). The van der Waals surface area contributed by atoms with E-state index in [2.05, 4.69) is 37.5 Å². The van der Waals surface area contributed by atoms with Gasteiger partial charge < -0.3 is 11.5 Å². The van der Waals surface area contributed by atoms with Crippen LogP contribution in [0.15, 0.2) is 12.2 Å². The van der Waals surface area contributed by atoms with Crippen LogP contribution >= 0.6 is 0 Å². The number of rotatable bonds is 3. The highest BCUT2D eigenvalue weighted by molar-refractivity contribution is 5.69. The summed E-state index contributed by atoms with van der Waals surface area (Å²) in [5, 5.41) is 0. The van der Waals surface area contributed by atoms with Crippen LogP contribution < -0.4 is 11.5 Å². The number of carbonyl (C=O) groups excluding carboxylic acids is 1. The van der Waals surface area contributed by atoms with Gasteiger partial charge in [0.25, 0.3) is 0 Å². The van der Waals surface area contributed by atoms with Crippen LogP contribution in [0.3, 0.4) is 0 Å². The SMILES string of the molecule is CC=CCCCC.NC(N)=O. The molecule has 2 amide bonds. The van der Waals surface area contributed by atoms with Crippen LogP contribution in [0, 0.1) is 0 Å². The Kier molecular flexibility index (Phi) is 13.5. The molecule has 0 spiro atoms. The van der Waals surface area contributed by atoms with Gasteiger partial charge in [-0.25, -0.2) is 4.79 Å². The van der Waals surface area contributed by atoms with Crippen molar-refractivity contribution < 1.29 is 4.79 Å². The Labute approximate surface area is 68.5 Å². The van der Waals surface area contributed by atoms with Crippen molar-refractivity contribution in [3.63, 3.8) is 0 Å². The quantitative estimate of drug-likeness (QED) is 0.477. The number of carbonyl (C=O) groups is 1. The predicted molar refractivity (Wildman–Crippen MR) is 48.1 cm³/mol. The number of hydrogen-bond acceptors (Lipinski definition) is 1. The first-order chi connectivity index (χ1) is 5.15. The molecule has 0 aliphatic heterocycles. The third-order valence-electron chi connectivity index (χ3n) is 0.960. The van der Waals surface area contributed by atoms with Gasteiger partial charge in [0.1, 0.15) is 0 Å². The molecule has 0 aliphatic rings. The second-order valence-corrected chi connectivity index (χ2v) is 2.11. The molecule has 0 aromatic carbocycles.